The number of hydrogen-bond acceptors (Lipinski definition) is 4. The monoisotopic (exact) mass is 470 g/mol. The van der Waals surface area contributed by atoms with E-state index in [0.29, 0.717) is 12.1 Å². The molecular weight excluding hydrogens is 449 g/mol. The molecule has 0 aromatic carbocycles. The second kappa shape index (κ2) is 7.62. The maximum Gasteiger partial charge on any atom is 0.419 e. The molecule has 2 amide bonds. The molecule has 3 fully saturated rings. The highest BCUT2D eigenvalue weighted by molar-refractivity contribution is 6.33. The van der Waals surface area contributed by atoms with Gasteiger partial charge in [-0.25, -0.2) is 4.98 Å². The average Bonchev–Trinajstić information content (AvgIpc) is 3.51. The fourth-order valence-corrected chi connectivity index (χ4v) is 4.87. The summed E-state index contributed by atoms with van der Waals surface area (Å²) in [4.78, 5) is 32.6. The number of rotatable bonds is 4. The van der Waals surface area contributed by atoms with Crippen molar-refractivity contribution in [1.82, 2.24) is 19.2 Å². The number of hydrogen-bond donors (Lipinski definition) is 1. The lowest BCUT2D eigenvalue weighted by molar-refractivity contribution is -0.141. The number of aromatic nitrogens is 2. The molecule has 0 unspecified atom stereocenters. The molecule has 1 saturated heterocycles. The van der Waals surface area contributed by atoms with E-state index in [1.165, 1.54) is 11.1 Å². The Kier molecular flexibility index (Phi) is 5.12. The fourth-order valence-electron chi connectivity index (χ4n) is 4.62. The first-order chi connectivity index (χ1) is 15.2. The molecule has 0 atom stereocenters. The van der Waals surface area contributed by atoms with E-state index in [1.807, 2.05) is 0 Å². The Balaban J connectivity index is 1.41. The van der Waals surface area contributed by atoms with Crippen LogP contribution in [0.4, 0.5) is 13.2 Å². The SMILES string of the molecule is O=C(c1nc2c(C(F)(F)F)cc(C3CC3)cn2c1Cl)N1CCN(C2CC(CO)C2)C(=O)C1. The molecule has 11 heteroatoms. The second-order valence-electron chi connectivity index (χ2n) is 8.89. The summed E-state index contributed by atoms with van der Waals surface area (Å²) in [5.74, 6) is -0.624. The van der Waals surface area contributed by atoms with Gasteiger partial charge in [0.25, 0.3) is 5.91 Å². The zero-order valence-electron chi connectivity index (χ0n) is 17.1. The molecule has 32 heavy (non-hydrogen) atoms. The van der Waals surface area contributed by atoms with Crippen LogP contribution in [0.5, 0.6) is 0 Å². The third kappa shape index (κ3) is 3.63. The lowest BCUT2D eigenvalue weighted by Gasteiger charge is -2.45. The number of alkyl halides is 3. The van der Waals surface area contributed by atoms with Gasteiger partial charge in [-0.05, 0) is 49.1 Å². The summed E-state index contributed by atoms with van der Waals surface area (Å²) >= 11 is 6.34. The van der Waals surface area contributed by atoms with Gasteiger partial charge in [-0.2, -0.15) is 13.2 Å². The number of halogens is 4. The number of aliphatic hydroxyl groups is 1. The van der Waals surface area contributed by atoms with Crippen LogP contribution in [0, 0.1) is 5.92 Å². The predicted octanol–water partition coefficient (Wildman–Crippen LogP) is 2.94. The van der Waals surface area contributed by atoms with Crippen LogP contribution in [0.1, 0.15) is 53.2 Å². The third-order valence-corrected chi connectivity index (χ3v) is 7.06. The van der Waals surface area contributed by atoms with Gasteiger partial charge in [0, 0.05) is 31.9 Å². The first kappa shape index (κ1) is 21.5. The number of aliphatic hydroxyl groups excluding tert-OH is 1. The minimum Gasteiger partial charge on any atom is -0.396 e. The lowest BCUT2D eigenvalue weighted by atomic mass is 9.79. The molecule has 3 heterocycles. The molecule has 172 valence electrons. The van der Waals surface area contributed by atoms with Crippen molar-refractivity contribution < 1.29 is 27.9 Å². The number of imidazole rings is 1. The molecule has 0 bridgehead atoms. The van der Waals surface area contributed by atoms with Gasteiger partial charge in [0.15, 0.2) is 11.3 Å². The first-order valence-electron chi connectivity index (χ1n) is 10.7. The molecule has 1 N–H and O–H groups in total. The topological polar surface area (TPSA) is 78.2 Å². The van der Waals surface area contributed by atoms with E-state index < -0.39 is 23.3 Å². The van der Waals surface area contributed by atoms with Gasteiger partial charge in [-0.15, -0.1) is 0 Å². The van der Waals surface area contributed by atoms with Gasteiger partial charge in [-0.3, -0.25) is 14.0 Å². The Morgan fingerprint density at radius 1 is 1.25 bits per heavy atom. The minimum absolute atomic E-state index is 0.0563. The number of nitrogens with zero attached hydrogens (tertiary/aromatic N) is 4. The van der Waals surface area contributed by atoms with Crippen molar-refractivity contribution in [3.05, 3.63) is 34.2 Å². The zero-order chi connectivity index (χ0) is 22.8. The average molecular weight is 471 g/mol. The maximum atomic E-state index is 13.7. The largest absolute Gasteiger partial charge is 0.419 e. The minimum atomic E-state index is -4.64. The van der Waals surface area contributed by atoms with Gasteiger partial charge in [-0.1, -0.05) is 11.6 Å². The number of amides is 2. The maximum absolute atomic E-state index is 13.7. The Bertz CT molecular complexity index is 1090. The molecule has 0 radical (unpaired) electrons. The van der Waals surface area contributed by atoms with Crippen LogP contribution < -0.4 is 0 Å². The van der Waals surface area contributed by atoms with E-state index in [4.69, 9.17) is 16.7 Å². The standard InChI is InChI=1S/C21H22ClF3N4O3/c22-18-17(20(32)27-3-4-28(16(31)9-27)14-5-11(6-14)10-30)26-19-15(21(23,24)25)7-13(8-29(18)19)12-1-2-12/h7-8,11-12,14,30H,1-6,9-10H2. The molecule has 2 saturated carbocycles. The third-order valence-electron chi connectivity index (χ3n) is 6.69. The quantitative estimate of drug-likeness (QED) is 0.745. The molecule has 7 nitrogen and oxygen atoms in total. The Morgan fingerprint density at radius 2 is 1.97 bits per heavy atom. The Morgan fingerprint density at radius 3 is 2.56 bits per heavy atom. The molecule has 0 spiro atoms. The first-order valence-corrected chi connectivity index (χ1v) is 11.0. The van der Waals surface area contributed by atoms with Crippen LogP contribution >= 0.6 is 11.6 Å². The van der Waals surface area contributed by atoms with Crippen molar-refractivity contribution in [3.63, 3.8) is 0 Å². The van der Waals surface area contributed by atoms with Gasteiger partial charge in [0.1, 0.15) is 11.7 Å². The van der Waals surface area contributed by atoms with Gasteiger partial charge < -0.3 is 14.9 Å². The van der Waals surface area contributed by atoms with E-state index in [9.17, 15) is 22.8 Å². The number of fused-ring (bicyclic) bond motifs is 1. The molecule has 1 aliphatic heterocycles. The van der Waals surface area contributed by atoms with Gasteiger partial charge in [0.2, 0.25) is 5.91 Å². The Labute approximate surface area is 186 Å². The van der Waals surface area contributed by atoms with Crippen molar-refractivity contribution in [2.24, 2.45) is 5.92 Å². The molecule has 2 aromatic rings. The summed E-state index contributed by atoms with van der Waals surface area (Å²) in [6.07, 6.45) is -0.0275. The van der Waals surface area contributed by atoms with Crippen molar-refractivity contribution in [2.75, 3.05) is 26.2 Å². The van der Waals surface area contributed by atoms with E-state index in [2.05, 4.69) is 4.98 Å². The number of pyridine rings is 1. The summed E-state index contributed by atoms with van der Waals surface area (Å²) in [7, 11) is 0. The second-order valence-corrected chi connectivity index (χ2v) is 9.25. The molecule has 2 aromatic heterocycles. The number of carbonyl (C=O) groups is 2. The molecule has 3 aliphatic rings. The number of carbonyl (C=O) groups excluding carboxylic acids is 2. The summed E-state index contributed by atoms with van der Waals surface area (Å²) in [6, 6.07) is 1.15. The summed E-state index contributed by atoms with van der Waals surface area (Å²) < 4.78 is 42.2. The van der Waals surface area contributed by atoms with Crippen LogP contribution in [0.3, 0.4) is 0 Å². The van der Waals surface area contributed by atoms with Crippen molar-refractivity contribution in [3.8, 4) is 0 Å². The van der Waals surface area contributed by atoms with Crippen molar-refractivity contribution in [1.29, 1.82) is 0 Å². The van der Waals surface area contributed by atoms with E-state index in [-0.39, 0.29) is 54.3 Å². The molecule has 2 aliphatic carbocycles. The molecule has 5 rings (SSSR count). The molecular formula is C21H22ClF3N4O3. The van der Waals surface area contributed by atoms with Crippen LogP contribution in [-0.2, 0) is 11.0 Å². The summed E-state index contributed by atoms with van der Waals surface area (Å²) in [5.41, 5.74) is -1.10. The zero-order valence-corrected chi connectivity index (χ0v) is 17.9. The fraction of sp³-hybridized carbons (Fsp3) is 0.571. The summed E-state index contributed by atoms with van der Waals surface area (Å²) in [5, 5.41) is 8.98. The van der Waals surface area contributed by atoms with E-state index in [0.717, 1.165) is 36.2 Å². The van der Waals surface area contributed by atoms with Crippen molar-refractivity contribution >= 4 is 29.1 Å². The van der Waals surface area contributed by atoms with Crippen LogP contribution in [0.25, 0.3) is 5.65 Å². The Hall–Kier alpha value is -2.33. The van der Waals surface area contributed by atoms with Crippen LogP contribution in [-0.4, -0.2) is 68.4 Å². The smallest absolute Gasteiger partial charge is 0.396 e. The number of piperazine rings is 1. The van der Waals surface area contributed by atoms with Gasteiger partial charge in [0.05, 0.1) is 5.56 Å². The van der Waals surface area contributed by atoms with Crippen LogP contribution in [0.15, 0.2) is 12.3 Å². The van der Waals surface area contributed by atoms with Crippen LogP contribution in [0.2, 0.25) is 5.15 Å². The summed E-state index contributed by atoms with van der Waals surface area (Å²) in [6.45, 7) is 0.493. The highest BCUT2D eigenvalue weighted by Crippen LogP contribution is 2.43. The van der Waals surface area contributed by atoms with E-state index in [1.54, 1.807) is 4.90 Å². The van der Waals surface area contributed by atoms with Crippen molar-refractivity contribution in [2.45, 2.75) is 43.8 Å². The van der Waals surface area contributed by atoms with Gasteiger partial charge >= 0.3 is 6.18 Å². The highest BCUT2D eigenvalue weighted by Gasteiger charge is 2.41. The highest BCUT2D eigenvalue weighted by atomic mass is 35.5. The normalized spacial score (nSPS) is 24.2. The lowest BCUT2D eigenvalue weighted by Crippen LogP contribution is -2.58. The predicted molar refractivity (Wildman–Crippen MR) is 108 cm³/mol. The van der Waals surface area contributed by atoms with E-state index >= 15 is 0 Å².